The van der Waals surface area contributed by atoms with Gasteiger partial charge in [-0.05, 0) is 39.2 Å². The quantitative estimate of drug-likeness (QED) is 0.454. The standard InChI is InChI=1S/C21H27N5O/c1-3-11-23-12-7-4-8-14-27-15-13-26-16(2)24-19-20(26)17-9-5-6-10-18(17)25-21(19)22/h3,5-6,9-12H,4,7-8,13-15H2,1-2H3,(H2,22,25)/b11-3-,23-12?. The largest absolute Gasteiger partial charge is 0.382 e. The zero-order chi connectivity index (χ0) is 19.1. The molecule has 0 bridgehead atoms. The zero-order valence-electron chi connectivity index (χ0n) is 16.1. The summed E-state index contributed by atoms with van der Waals surface area (Å²) < 4.78 is 8.01. The van der Waals surface area contributed by atoms with Gasteiger partial charge in [0.05, 0.1) is 17.6 Å². The highest BCUT2D eigenvalue weighted by atomic mass is 16.5. The Kier molecular flexibility index (Phi) is 6.54. The lowest BCUT2D eigenvalue weighted by Crippen LogP contribution is -2.08. The van der Waals surface area contributed by atoms with Crippen LogP contribution in [-0.2, 0) is 11.3 Å². The van der Waals surface area contributed by atoms with Crippen molar-refractivity contribution in [2.75, 3.05) is 18.9 Å². The smallest absolute Gasteiger partial charge is 0.152 e. The fourth-order valence-electron chi connectivity index (χ4n) is 3.16. The molecule has 0 atom stereocenters. The summed E-state index contributed by atoms with van der Waals surface area (Å²) >= 11 is 0. The van der Waals surface area contributed by atoms with Crippen LogP contribution in [0.1, 0.15) is 32.0 Å². The van der Waals surface area contributed by atoms with Crippen molar-refractivity contribution in [1.82, 2.24) is 14.5 Å². The normalized spacial score (nSPS) is 12.2. The summed E-state index contributed by atoms with van der Waals surface area (Å²) in [5.41, 5.74) is 8.83. The van der Waals surface area contributed by atoms with Crippen molar-refractivity contribution < 1.29 is 4.74 Å². The second-order valence-electron chi connectivity index (χ2n) is 6.44. The number of anilines is 1. The Morgan fingerprint density at radius 3 is 2.89 bits per heavy atom. The third kappa shape index (κ3) is 4.52. The number of allylic oxidation sites excluding steroid dienone is 1. The fourth-order valence-corrected chi connectivity index (χ4v) is 3.16. The van der Waals surface area contributed by atoms with Gasteiger partial charge in [0.1, 0.15) is 11.3 Å². The number of hydrogen-bond donors (Lipinski definition) is 1. The Balaban J connectivity index is 1.60. The minimum absolute atomic E-state index is 0.478. The molecule has 0 unspecified atom stereocenters. The van der Waals surface area contributed by atoms with Gasteiger partial charge in [0.25, 0.3) is 0 Å². The van der Waals surface area contributed by atoms with E-state index >= 15 is 0 Å². The number of unbranched alkanes of at least 4 members (excludes halogenated alkanes) is 2. The van der Waals surface area contributed by atoms with Crippen molar-refractivity contribution >= 4 is 34.0 Å². The molecule has 0 fully saturated rings. The SMILES string of the molecule is C/C=C\N=CCCCCOCCn1c(C)nc2c(N)nc3ccccc3c21. The number of rotatable bonds is 9. The molecule has 0 saturated heterocycles. The van der Waals surface area contributed by atoms with Crippen molar-refractivity contribution in [2.24, 2.45) is 4.99 Å². The molecule has 3 rings (SSSR count). The average molecular weight is 365 g/mol. The molecule has 6 heteroatoms. The van der Waals surface area contributed by atoms with E-state index < -0.39 is 0 Å². The molecule has 27 heavy (non-hydrogen) atoms. The zero-order valence-corrected chi connectivity index (χ0v) is 16.1. The van der Waals surface area contributed by atoms with Gasteiger partial charge >= 0.3 is 0 Å². The summed E-state index contributed by atoms with van der Waals surface area (Å²) in [5.74, 6) is 1.41. The van der Waals surface area contributed by atoms with Gasteiger partial charge in [-0.15, -0.1) is 0 Å². The number of imidazole rings is 1. The van der Waals surface area contributed by atoms with Gasteiger partial charge < -0.3 is 15.0 Å². The van der Waals surface area contributed by atoms with Crippen molar-refractivity contribution in [3.05, 3.63) is 42.4 Å². The van der Waals surface area contributed by atoms with Crippen LogP contribution in [0.25, 0.3) is 21.9 Å². The Labute approximate surface area is 159 Å². The minimum Gasteiger partial charge on any atom is -0.382 e. The Bertz CT molecular complexity index is 958. The molecule has 3 aromatic rings. The number of pyridine rings is 1. The molecule has 0 spiro atoms. The molecule has 6 nitrogen and oxygen atoms in total. The first kappa shape index (κ1) is 19.0. The number of nitrogens with two attached hydrogens (primary N) is 1. The van der Waals surface area contributed by atoms with Crippen molar-refractivity contribution in [3.63, 3.8) is 0 Å². The molecular weight excluding hydrogens is 338 g/mol. The topological polar surface area (TPSA) is 78.3 Å². The van der Waals surface area contributed by atoms with Gasteiger partial charge in [-0.2, -0.15) is 0 Å². The molecule has 0 aliphatic carbocycles. The maximum Gasteiger partial charge on any atom is 0.152 e. The van der Waals surface area contributed by atoms with Crippen LogP contribution in [0.3, 0.4) is 0 Å². The highest BCUT2D eigenvalue weighted by Gasteiger charge is 2.14. The van der Waals surface area contributed by atoms with E-state index in [0.717, 1.165) is 60.2 Å². The number of aryl methyl sites for hydroxylation is 1. The molecule has 1 aromatic carbocycles. The monoisotopic (exact) mass is 365 g/mol. The van der Waals surface area contributed by atoms with Gasteiger partial charge in [-0.3, -0.25) is 4.99 Å². The van der Waals surface area contributed by atoms with Crippen LogP contribution in [0.15, 0.2) is 41.5 Å². The fraction of sp³-hybridized carbons (Fsp3) is 0.381. The number of aliphatic imine (C=N–C) groups is 1. The molecule has 142 valence electrons. The van der Waals surface area contributed by atoms with E-state index in [0.29, 0.717) is 12.4 Å². The highest BCUT2D eigenvalue weighted by molar-refractivity contribution is 6.06. The number of fused-ring (bicyclic) bond motifs is 3. The Hall–Kier alpha value is -2.73. The molecule has 0 amide bonds. The predicted molar refractivity (Wildman–Crippen MR) is 112 cm³/mol. The maximum absolute atomic E-state index is 6.12. The lowest BCUT2D eigenvalue weighted by atomic mass is 10.2. The number of hydrogen-bond acceptors (Lipinski definition) is 5. The second-order valence-corrected chi connectivity index (χ2v) is 6.44. The average Bonchev–Trinajstić information content (AvgIpc) is 3.01. The third-order valence-corrected chi connectivity index (χ3v) is 4.47. The van der Waals surface area contributed by atoms with Crippen LogP contribution in [0.2, 0.25) is 0 Å². The summed E-state index contributed by atoms with van der Waals surface area (Å²) in [7, 11) is 0. The minimum atomic E-state index is 0.478. The van der Waals surface area contributed by atoms with Gasteiger partial charge in [-0.25, -0.2) is 9.97 Å². The van der Waals surface area contributed by atoms with Gasteiger partial charge in [0.2, 0.25) is 0 Å². The number of ether oxygens (including phenoxy) is 1. The van der Waals surface area contributed by atoms with Gasteiger partial charge in [-0.1, -0.05) is 24.3 Å². The van der Waals surface area contributed by atoms with Crippen molar-refractivity contribution in [2.45, 2.75) is 39.7 Å². The van der Waals surface area contributed by atoms with E-state index in [1.165, 1.54) is 0 Å². The molecule has 2 N–H and O–H groups in total. The van der Waals surface area contributed by atoms with Crippen LogP contribution in [0, 0.1) is 6.92 Å². The summed E-state index contributed by atoms with van der Waals surface area (Å²) in [5, 5.41) is 1.07. The molecule has 0 radical (unpaired) electrons. The Morgan fingerprint density at radius 2 is 2.04 bits per heavy atom. The Morgan fingerprint density at radius 1 is 1.19 bits per heavy atom. The number of benzene rings is 1. The third-order valence-electron chi connectivity index (χ3n) is 4.47. The first-order valence-corrected chi connectivity index (χ1v) is 9.44. The summed E-state index contributed by atoms with van der Waals surface area (Å²) in [6.07, 6.45) is 8.78. The first-order valence-electron chi connectivity index (χ1n) is 9.44. The summed E-state index contributed by atoms with van der Waals surface area (Å²) in [6, 6.07) is 8.04. The molecule has 0 saturated carbocycles. The number of para-hydroxylation sites is 1. The first-order chi connectivity index (χ1) is 13.2. The molecule has 2 heterocycles. The number of nitrogens with zero attached hydrogens (tertiary/aromatic N) is 4. The van der Waals surface area contributed by atoms with Gasteiger partial charge in [0.15, 0.2) is 5.82 Å². The van der Waals surface area contributed by atoms with Crippen LogP contribution in [0.5, 0.6) is 0 Å². The van der Waals surface area contributed by atoms with E-state index in [-0.39, 0.29) is 0 Å². The van der Waals surface area contributed by atoms with Gasteiger partial charge in [0, 0.05) is 31.0 Å². The van der Waals surface area contributed by atoms with E-state index in [1.807, 2.05) is 44.3 Å². The van der Waals surface area contributed by atoms with Crippen LogP contribution in [0.4, 0.5) is 5.82 Å². The molecule has 0 aliphatic heterocycles. The van der Waals surface area contributed by atoms with Crippen LogP contribution >= 0.6 is 0 Å². The van der Waals surface area contributed by atoms with E-state index in [4.69, 9.17) is 10.5 Å². The summed E-state index contributed by atoms with van der Waals surface area (Å²) in [4.78, 5) is 13.3. The lowest BCUT2D eigenvalue weighted by Gasteiger charge is -2.10. The van der Waals surface area contributed by atoms with Crippen LogP contribution < -0.4 is 5.73 Å². The van der Waals surface area contributed by atoms with E-state index in [9.17, 15) is 0 Å². The predicted octanol–water partition coefficient (Wildman–Crippen LogP) is 4.27. The highest BCUT2D eigenvalue weighted by Crippen LogP contribution is 2.28. The molecule has 0 aliphatic rings. The maximum atomic E-state index is 6.12. The number of nitrogen functional groups attached to an aromatic ring is 1. The molecule has 2 aromatic heterocycles. The second kappa shape index (κ2) is 9.28. The van der Waals surface area contributed by atoms with E-state index in [1.54, 1.807) is 6.20 Å². The van der Waals surface area contributed by atoms with Crippen molar-refractivity contribution in [3.8, 4) is 0 Å². The van der Waals surface area contributed by atoms with E-state index in [2.05, 4.69) is 25.6 Å². The summed E-state index contributed by atoms with van der Waals surface area (Å²) in [6.45, 7) is 6.12. The molecular formula is C21H27N5O. The number of aromatic nitrogens is 3. The van der Waals surface area contributed by atoms with Crippen molar-refractivity contribution in [1.29, 1.82) is 0 Å². The lowest BCUT2D eigenvalue weighted by molar-refractivity contribution is 0.123. The van der Waals surface area contributed by atoms with Crippen LogP contribution in [-0.4, -0.2) is 34.0 Å².